The molecule has 0 aliphatic rings. The van der Waals surface area contributed by atoms with Gasteiger partial charge in [-0.15, -0.1) is 0 Å². The lowest BCUT2D eigenvalue weighted by molar-refractivity contribution is 0.402. The van der Waals surface area contributed by atoms with Gasteiger partial charge in [0.2, 0.25) is 0 Å². The molecular formula is C2H6OS76. The minimum absolute atomic E-state index is 0.578. The van der Waals surface area contributed by atoms with Gasteiger partial charge in [0, 0.05) is 629 Å². The topological polar surface area (TPSA) is 9.23 Å². The molecular weight excluding hydrogens is 2480 g/mol. The van der Waals surface area contributed by atoms with Crippen LogP contribution in [-0.4, -0.2) is 6.61 Å². The van der Waals surface area contributed by atoms with Crippen LogP contribution in [0, 0.1) is 0 Å². The molecule has 0 heterocycles. The van der Waals surface area contributed by atoms with Crippen LogP contribution < -0.4 is 0 Å². The molecule has 77 heteroatoms. The highest BCUT2D eigenvalue weighted by atomic mass is 34.1. The summed E-state index contributed by atoms with van der Waals surface area (Å²) in [5.74, 6) is 0. The van der Waals surface area contributed by atoms with E-state index in [4.69, 9.17) is 26.6 Å². The lowest BCUT2D eigenvalue weighted by Gasteiger charge is -2.06. The number of hydrogen-bond acceptors (Lipinski definition) is 76. The molecule has 0 unspecified atom stereocenters. The third-order valence-corrected chi connectivity index (χ3v) is 167. The minimum Gasteiger partial charge on any atom is -0.302 e. The molecule has 1 nitrogen and oxygen atoms in total. The van der Waals surface area contributed by atoms with Crippen LogP contribution in [0.25, 0.3) is 0 Å². The van der Waals surface area contributed by atoms with E-state index in [1.807, 2.05) is 557 Å². The molecule has 0 radical (unpaired) electrons. The first-order valence-electron chi connectivity index (χ1n) is 13.7. The van der Waals surface area contributed by atoms with Gasteiger partial charge in [0.15, 0.2) is 0 Å². The van der Waals surface area contributed by atoms with E-state index >= 15 is 0 Å². The predicted molar refractivity (Wildman–Crippen MR) is 589 cm³/mol. The highest BCUT2D eigenvalue weighted by Gasteiger charge is 2.08. The second kappa shape index (κ2) is 98.5. The normalized spacial score (nSPS) is 12.0. The van der Waals surface area contributed by atoms with E-state index in [1.165, 1.54) is 19.7 Å². The van der Waals surface area contributed by atoms with Crippen LogP contribution in [0.15, 0.2) is 0 Å². The van der Waals surface area contributed by atoms with Crippen molar-refractivity contribution in [3.8, 4) is 0 Å². The molecule has 0 bridgehead atoms. The highest BCUT2D eigenvalue weighted by molar-refractivity contribution is 9.66. The Morgan fingerprint density at radius 3 is 0.405 bits per heavy atom. The Morgan fingerprint density at radius 2 is 0.304 bits per heavy atom. The molecule has 0 aromatic carbocycles. The van der Waals surface area contributed by atoms with Crippen LogP contribution in [0.5, 0.6) is 0 Å². The van der Waals surface area contributed by atoms with Gasteiger partial charge in [0.1, 0.15) is 0 Å². The summed E-state index contributed by atoms with van der Waals surface area (Å²) in [5.41, 5.74) is 0. The molecule has 0 N–H and O–H groups in total. The van der Waals surface area contributed by atoms with Crippen molar-refractivity contribution in [1.29, 1.82) is 0 Å². The highest BCUT2D eigenvalue weighted by Crippen LogP contribution is 2.71. The van der Waals surface area contributed by atoms with Gasteiger partial charge < -0.3 is 4.18 Å². The zero-order valence-electron chi connectivity index (χ0n) is 33.2. The monoisotopic (exact) mass is 2480 g/mol. The molecule has 0 spiro atoms. The number of hydrogen-bond donors (Lipinski definition) is 1. The zero-order valence-corrected chi connectivity index (χ0v) is 95.3. The van der Waals surface area contributed by atoms with Gasteiger partial charge in [-0.3, -0.25) is 0 Å². The molecule has 0 aromatic rings. The van der Waals surface area contributed by atoms with E-state index in [0.29, 0.717) is 6.61 Å². The molecule has 0 atom stereocenters. The smallest absolute Gasteiger partial charge is 0.0820 e. The van der Waals surface area contributed by atoms with E-state index < -0.39 is 6.46 Å². The Bertz CT molecular complexity index is 1150. The van der Waals surface area contributed by atoms with Gasteiger partial charge in [0.25, 0.3) is 0 Å². The van der Waals surface area contributed by atoms with Gasteiger partial charge in [-0.2, -0.15) is 0 Å². The standard InChI is InChI=1S/C2H6OS76/c1-2-3-79(5,6)78-77-76-75-74-73-72-71-70-69-68-67-66-65-64-63-62-61-60-59-58-57-56-55-54-53-52-51-50-49-48-47-46-45-44-43-42-41-40-39-38-37-36-35-34-33-32-31-30-29-28-27-26-25-24-23-22-21-20-19-18-17-16-15-14-13-12-11-10-9-8-7-4/h4H,2H2,1H3. The van der Waals surface area contributed by atoms with Crippen LogP contribution in [0.1, 0.15) is 6.92 Å². The fourth-order valence-corrected chi connectivity index (χ4v) is 201. The van der Waals surface area contributed by atoms with E-state index in [0.717, 1.165) is 0 Å². The quantitative estimate of drug-likeness (QED) is 0.0352. The zero-order chi connectivity index (χ0) is 56.8. The average molecular weight is 2480 g/mol. The largest absolute Gasteiger partial charge is 0.302 e. The van der Waals surface area contributed by atoms with Crippen LogP contribution >= 0.6 is 719 Å². The Kier molecular flexibility index (Phi) is 131. The molecule has 0 aliphatic heterocycles. The van der Waals surface area contributed by atoms with Crippen molar-refractivity contribution in [3.05, 3.63) is 0 Å². The molecule has 0 aromatic heterocycles. The second-order valence-corrected chi connectivity index (χ2v) is 140. The Labute approximate surface area is 744 Å². The lowest BCUT2D eigenvalue weighted by Crippen LogP contribution is -1.93. The Morgan fingerprint density at radius 1 is 0.203 bits per heavy atom. The van der Waals surface area contributed by atoms with Crippen molar-refractivity contribution in [3.63, 3.8) is 0 Å². The maximum atomic E-state index is 5.41. The van der Waals surface area contributed by atoms with Gasteiger partial charge in [-0.1, -0.05) is 11.7 Å². The van der Waals surface area contributed by atoms with E-state index in [1.54, 1.807) is 138 Å². The molecule has 0 saturated carbocycles. The molecule has 79 heavy (non-hydrogen) atoms. The SMILES string of the molecule is CCOS(=S)(=S)SSSSSSSSSSSSSSSSSSSSSSSSSSSSSSSSSSSSSSSSSSSSSSSSSSSSSSSSSSSSSSSSSSSSSSSSS. The molecule has 0 fully saturated rings. The summed E-state index contributed by atoms with van der Waals surface area (Å²) in [5, 5.41) is 0. The first-order chi connectivity index (χ1) is 39.1. The predicted octanol–water partition coefficient (Wildman–Crippen LogP) is 47.5. The summed E-state index contributed by atoms with van der Waals surface area (Å²) in [6.45, 7) is 0.690. The summed E-state index contributed by atoms with van der Waals surface area (Å²) in [6.07, 6.45) is 0. The van der Waals surface area contributed by atoms with Crippen molar-refractivity contribution in [2.24, 2.45) is 0 Å². The number of thiol groups is 1. The van der Waals surface area contributed by atoms with Crippen molar-refractivity contribution >= 4 is 748 Å². The Balaban J connectivity index is 3.09. The van der Waals surface area contributed by atoms with Crippen molar-refractivity contribution in [2.45, 2.75) is 6.92 Å². The maximum Gasteiger partial charge on any atom is 0.0820 e. The van der Waals surface area contributed by atoms with Gasteiger partial charge in [0.05, 0.1) is 13.1 Å². The molecule has 0 saturated heterocycles. The maximum absolute atomic E-state index is 5.41. The lowest BCUT2D eigenvalue weighted by atomic mass is 10.9. The summed E-state index contributed by atoms with van der Waals surface area (Å²) in [4.78, 5) is 0. The van der Waals surface area contributed by atoms with Crippen molar-refractivity contribution < 1.29 is 4.18 Å². The van der Waals surface area contributed by atoms with Crippen molar-refractivity contribution in [1.82, 2.24) is 0 Å². The van der Waals surface area contributed by atoms with Gasteiger partial charge >= 0.3 is 0 Å². The van der Waals surface area contributed by atoms with Crippen molar-refractivity contribution in [2.75, 3.05) is 6.61 Å². The second-order valence-electron chi connectivity index (χ2n) is 5.72. The van der Waals surface area contributed by atoms with Gasteiger partial charge in [-0.05, 0) is 108 Å². The Hall–Kier alpha value is 26.3. The summed E-state index contributed by atoms with van der Waals surface area (Å²) in [7, 11) is 130. The molecule has 0 aliphatic carbocycles. The third kappa shape index (κ3) is 100. The van der Waals surface area contributed by atoms with E-state index in [-0.39, 0.29) is 0 Å². The van der Waals surface area contributed by atoms with Gasteiger partial charge in [-0.25, -0.2) is 0 Å². The summed E-state index contributed by atoms with van der Waals surface area (Å²) < 4.78 is 5.41. The van der Waals surface area contributed by atoms with Crippen LogP contribution in [0.3, 0.4) is 0 Å². The van der Waals surface area contributed by atoms with E-state index in [2.05, 4.69) is 11.7 Å². The first-order valence-corrected chi connectivity index (χ1v) is 114. The molecule has 476 valence electrons. The molecule has 0 amide bonds. The van der Waals surface area contributed by atoms with Crippen LogP contribution in [-0.2, 0) is 33.0 Å². The first kappa shape index (κ1) is 105. The third-order valence-electron chi connectivity index (χ3n) is 2.32. The minimum atomic E-state index is -1.82. The fourth-order valence-electron chi connectivity index (χ4n) is 0.993. The summed E-state index contributed by atoms with van der Waals surface area (Å²) >= 11 is 14.6. The van der Waals surface area contributed by atoms with Crippen LogP contribution in [0.2, 0.25) is 0 Å². The summed E-state index contributed by atoms with van der Waals surface area (Å²) in [6, 6.07) is 0. The average Bonchev–Trinajstić information content (AvgIpc) is 3.44. The fraction of sp³-hybridized carbons (Fsp3) is 1.00. The number of rotatable bonds is 74. The van der Waals surface area contributed by atoms with E-state index in [9.17, 15) is 0 Å². The van der Waals surface area contributed by atoms with Crippen LogP contribution in [0.4, 0.5) is 0 Å². The molecule has 0 rings (SSSR count).